The molecule has 2 bridgehead atoms. The van der Waals surface area contributed by atoms with E-state index in [-0.39, 0.29) is 12.0 Å². The van der Waals surface area contributed by atoms with E-state index in [0.717, 1.165) is 0 Å². The van der Waals surface area contributed by atoms with Crippen LogP contribution in [-0.2, 0) is 0 Å². The lowest BCUT2D eigenvalue weighted by atomic mass is 10.1. The zero-order valence-electron chi connectivity index (χ0n) is 11.3. The molecule has 0 radical (unpaired) electrons. The Morgan fingerprint density at radius 3 is 2.53 bits per heavy atom. The van der Waals surface area contributed by atoms with Crippen LogP contribution in [0.2, 0.25) is 0 Å². The van der Waals surface area contributed by atoms with Crippen molar-refractivity contribution in [3.05, 3.63) is 41.5 Å². The van der Waals surface area contributed by atoms with Crippen molar-refractivity contribution in [1.29, 1.82) is 5.26 Å². The van der Waals surface area contributed by atoms with E-state index < -0.39 is 0 Å². The molecular formula is C15H16NPS2. The van der Waals surface area contributed by atoms with Crippen LogP contribution in [-0.4, -0.2) is 21.0 Å². The molecule has 1 saturated heterocycles. The number of rotatable bonds is 2. The molecule has 1 fully saturated rings. The molecule has 4 atom stereocenters. The fourth-order valence-corrected chi connectivity index (χ4v) is 11.3. The van der Waals surface area contributed by atoms with Crippen molar-refractivity contribution in [2.24, 2.45) is 0 Å². The first kappa shape index (κ1) is 13.6. The van der Waals surface area contributed by atoms with E-state index in [2.05, 4.69) is 56.5 Å². The Bertz CT molecular complexity index is 578. The van der Waals surface area contributed by atoms with Crippen LogP contribution in [0, 0.1) is 11.3 Å². The second-order valence-electron chi connectivity index (χ2n) is 4.97. The Hall–Kier alpha value is -0.420. The lowest BCUT2D eigenvalue weighted by molar-refractivity contribution is 0.958. The normalized spacial score (nSPS) is 36.6. The molecule has 1 aromatic rings. The maximum atomic E-state index is 9.70. The molecule has 2 aliphatic rings. The average Bonchev–Trinajstić information content (AvgIpc) is 2.92. The minimum Gasteiger partial charge on any atom is -0.196 e. The van der Waals surface area contributed by atoms with Gasteiger partial charge in [0, 0.05) is 5.66 Å². The Balaban J connectivity index is 2.10. The van der Waals surface area contributed by atoms with Gasteiger partial charge in [-0.3, -0.25) is 0 Å². The van der Waals surface area contributed by atoms with Gasteiger partial charge in [-0.25, -0.2) is 0 Å². The molecule has 19 heavy (non-hydrogen) atoms. The molecule has 4 heteroatoms. The third-order valence-corrected chi connectivity index (χ3v) is 11.5. The maximum absolute atomic E-state index is 9.70. The summed E-state index contributed by atoms with van der Waals surface area (Å²) in [4.78, 5) is 0.537. The molecule has 98 valence electrons. The van der Waals surface area contributed by atoms with Gasteiger partial charge in [0.25, 0.3) is 0 Å². The summed E-state index contributed by atoms with van der Waals surface area (Å²) < 4.78 is -0.268. The molecule has 0 saturated carbocycles. The van der Waals surface area contributed by atoms with Crippen LogP contribution in [0.3, 0.4) is 0 Å². The minimum absolute atomic E-state index is 0.268. The van der Waals surface area contributed by atoms with Crippen molar-refractivity contribution < 1.29 is 0 Å². The van der Waals surface area contributed by atoms with E-state index in [0.29, 0.717) is 10.7 Å². The Labute approximate surface area is 124 Å². The standard InChI is InChI=1S/C15H16NPS2/c1-10-11(2)14-17(12-7-5-4-6-8-12)13(10)15(9-16,18-3)19-14/h4-8,13-14H,1-3H3/t13-,14-,15?,17-/m1/s1. The summed E-state index contributed by atoms with van der Waals surface area (Å²) in [6.07, 6.45) is 2.08. The van der Waals surface area contributed by atoms with Gasteiger partial charge in [-0.1, -0.05) is 41.5 Å². The van der Waals surface area contributed by atoms with Crippen LogP contribution in [0.5, 0.6) is 0 Å². The van der Waals surface area contributed by atoms with Crippen LogP contribution >= 0.6 is 31.4 Å². The zero-order valence-corrected chi connectivity index (χ0v) is 13.8. The number of nitrogens with zero attached hydrogens (tertiary/aromatic N) is 1. The van der Waals surface area contributed by atoms with Crippen molar-refractivity contribution in [3.63, 3.8) is 0 Å². The van der Waals surface area contributed by atoms with Crippen molar-refractivity contribution >= 4 is 36.7 Å². The average molecular weight is 305 g/mol. The smallest absolute Gasteiger partial charge is 0.159 e. The summed E-state index contributed by atoms with van der Waals surface area (Å²) >= 11 is 3.63. The largest absolute Gasteiger partial charge is 0.196 e. The van der Waals surface area contributed by atoms with Crippen LogP contribution in [0.4, 0.5) is 0 Å². The number of nitriles is 1. The number of benzene rings is 1. The van der Waals surface area contributed by atoms with Gasteiger partial charge in [-0.15, -0.1) is 23.5 Å². The van der Waals surface area contributed by atoms with Gasteiger partial charge < -0.3 is 0 Å². The van der Waals surface area contributed by atoms with Crippen LogP contribution in [0.25, 0.3) is 0 Å². The van der Waals surface area contributed by atoms with Gasteiger partial charge in [0.1, 0.15) is 0 Å². The predicted octanol–water partition coefficient (Wildman–Crippen LogP) is 4.17. The summed E-state index contributed by atoms with van der Waals surface area (Å²) in [5.41, 5.74) is 3.40. The van der Waals surface area contributed by atoms with Gasteiger partial charge in [0.05, 0.1) is 11.1 Å². The highest BCUT2D eigenvalue weighted by Gasteiger charge is 2.60. The minimum atomic E-state index is -0.284. The number of hydrogen-bond donors (Lipinski definition) is 0. The molecule has 1 aromatic carbocycles. The molecular weight excluding hydrogens is 289 g/mol. The second kappa shape index (κ2) is 4.85. The Morgan fingerprint density at radius 1 is 1.26 bits per heavy atom. The molecule has 2 heterocycles. The Morgan fingerprint density at radius 2 is 1.95 bits per heavy atom. The first-order chi connectivity index (χ1) is 9.14. The predicted molar refractivity (Wildman–Crippen MR) is 88.4 cm³/mol. The van der Waals surface area contributed by atoms with E-state index in [1.807, 2.05) is 11.8 Å². The molecule has 2 aliphatic heterocycles. The van der Waals surface area contributed by atoms with Crippen molar-refractivity contribution in [1.82, 2.24) is 0 Å². The highest BCUT2D eigenvalue weighted by Crippen LogP contribution is 2.75. The van der Waals surface area contributed by atoms with Gasteiger partial charge in [-0.2, -0.15) is 5.26 Å². The van der Waals surface area contributed by atoms with Gasteiger partial charge in [0.15, 0.2) is 4.08 Å². The lowest BCUT2D eigenvalue weighted by Gasteiger charge is -2.30. The maximum Gasteiger partial charge on any atom is 0.159 e. The highest BCUT2D eigenvalue weighted by molar-refractivity contribution is 8.23. The van der Waals surface area contributed by atoms with E-state index in [9.17, 15) is 5.26 Å². The number of hydrogen-bond acceptors (Lipinski definition) is 3. The third kappa shape index (κ3) is 1.81. The topological polar surface area (TPSA) is 23.8 Å². The quantitative estimate of drug-likeness (QED) is 0.605. The Kier molecular flexibility index (Phi) is 3.46. The van der Waals surface area contributed by atoms with Gasteiger partial charge in [-0.05, 0) is 33.3 Å². The first-order valence-electron chi connectivity index (χ1n) is 6.29. The summed E-state index contributed by atoms with van der Waals surface area (Å²) in [7, 11) is -0.284. The highest BCUT2D eigenvalue weighted by atomic mass is 32.2. The molecule has 0 amide bonds. The van der Waals surface area contributed by atoms with Crippen molar-refractivity contribution in [2.45, 2.75) is 28.6 Å². The summed E-state index contributed by atoms with van der Waals surface area (Å²) in [6, 6.07) is 13.4. The summed E-state index contributed by atoms with van der Waals surface area (Å²) in [5.74, 6) is 0. The molecule has 0 aromatic heterocycles. The third-order valence-electron chi connectivity index (χ3n) is 4.09. The van der Waals surface area contributed by atoms with Crippen LogP contribution in [0.15, 0.2) is 41.5 Å². The molecule has 0 N–H and O–H groups in total. The number of allylic oxidation sites excluding steroid dienone is 1. The summed E-state index contributed by atoms with van der Waals surface area (Å²) in [6.45, 7) is 4.49. The van der Waals surface area contributed by atoms with E-state index in [1.165, 1.54) is 16.5 Å². The molecule has 0 spiro atoms. The molecule has 0 aliphatic carbocycles. The molecule has 1 nitrogen and oxygen atoms in total. The first-order valence-corrected chi connectivity index (χ1v) is 9.88. The van der Waals surface area contributed by atoms with Crippen LogP contribution in [0.1, 0.15) is 13.8 Å². The van der Waals surface area contributed by atoms with Crippen LogP contribution < -0.4 is 5.30 Å². The SMILES string of the molecule is CSC1(C#N)S[C@@H]2C(C)=C(C)[C@H]1[P@@]2c1ccccc1. The van der Waals surface area contributed by atoms with Gasteiger partial charge in [0.2, 0.25) is 0 Å². The fourth-order valence-electron chi connectivity index (χ4n) is 2.98. The zero-order chi connectivity index (χ0) is 13.6. The monoisotopic (exact) mass is 305 g/mol. The summed E-state index contributed by atoms with van der Waals surface area (Å²) in [5, 5.41) is 11.2. The fraction of sp³-hybridized carbons (Fsp3) is 0.400. The molecule has 1 unspecified atom stereocenters. The number of thioether (sulfide) groups is 2. The molecule has 3 rings (SSSR count). The van der Waals surface area contributed by atoms with E-state index in [4.69, 9.17) is 0 Å². The van der Waals surface area contributed by atoms with E-state index in [1.54, 1.807) is 11.8 Å². The van der Waals surface area contributed by atoms with Crippen molar-refractivity contribution in [3.8, 4) is 6.07 Å². The second-order valence-corrected chi connectivity index (χ2v) is 10.3. The lowest BCUT2D eigenvalue weighted by Crippen LogP contribution is -2.31. The van der Waals surface area contributed by atoms with E-state index >= 15 is 0 Å². The number of fused-ring (bicyclic) bond motifs is 2. The van der Waals surface area contributed by atoms with Crippen molar-refractivity contribution in [2.75, 3.05) is 6.26 Å². The van der Waals surface area contributed by atoms with Gasteiger partial charge >= 0.3 is 0 Å².